The fourth-order valence-electron chi connectivity index (χ4n) is 1.32. The summed E-state index contributed by atoms with van der Waals surface area (Å²) in [5.74, 6) is 0.713. The molecule has 1 aromatic carbocycles. The van der Waals surface area contributed by atoms with Crippen molar-refractivity contribution in [1.29, 1.82) is 0 Å². The highest BCUT2D eigenvalue weighted by molar-refractivity contribution is 9.10. The van der Waals surface area contributed by atoms with Gasteiger partial charge in [0, 0.05) is 10.2 Å². The number of nitrogens with zero attached hydrogens (tertiary/aromatic N) is 2. The monoisotopic (exact) mass is 342 g/mol. The highest BCUT2D eigenvalue weighted by atomic mass is 79.9. The molecule has 1 aromatic heterocycles. The molecule has 0 spiro atoms. The molecule has 8 heteroatoms. The average Bonchev–Trinajstić information content (AvgIpc) is 2.33. The van der Waals surface area contributed by atoms with Crippen molar-refractivity contribution in [1.82, 2.24) is 10.2 Å². The Labute approximate surface area is 119 Å². The van der Waals surface area contributed by atoms with Crippen LogP contribution in [0.1, 0.15) is 0 Å². The van der Waals surface area contributed by atoms with Crippen LogP contribution >= 0.6 is 15.9 Å². The first-order valence-electron chi connectivity index (χ1n) is 5.26. The standard InChI is InChI=1S/C11H11BrN4O2S/c1-19(17,18)16-11-7-6-10(14-15-11)13-9-4-2-8(12)3-5-9/h2-7H,1H3,(H,13,14)(H,15,16). The minimum Gasteiger partial charge on any atom is -0.339 e. The quantitative estimate of drug-likeness (QED) is 0.890. The Kier molecular flexibility index (Phi) is 4.01. The molecule has 1 heterocycles. The van der Waals surface area contributed by atoms with Crippen LogP contribution in [-0.2, 0) is 10.0 Å². The molecular weight excluding hydrogens is 332 g/mol. The van der Waals surface area contributed by atoms with Crippen molar-refractivity contribution < 1.29 is 8.42 Å². The SMILES string of the molecule is CS(=O)(=O)Nc1ccc(Nc2ccc(Br)cc2)nn1. The van der Waals surface area contributed by atoms with E-state index in [4.69, 9.17) is 0 Å². The van der Waals surface area contributed by atoms with Crippen LogP contribution in [0.2, 0.25) is 0 Å². The van der Waals surface area contributed by atoms with E-state index in [0.29, 0.717) is 5.82 Å². The second kappa shape index (κ2) is 5.54. The van der Waals surface area contributed by atoms with Crippen LogP contribution in [0.3, 0.4) is 0 Å². The maximum Gasteiger partial charge on any atom is 0.231 e. The van der Waals surface area contributed by atoms with Crippen molar-refractivity contribution >= 4 is 43.3 Å². The lowest BCUT2D eigenvalue weighted by atomic mass is 10.3. The van der Waals surface area contributed by atoms with Gasteiger partial charge in [-0.25, -0.2) is 8.42 Å². The van der Waals surface area contributed by atoms with Gasteiger partial charge in [-0.3, -0.25) is 4.72 Å². The number of hydrogen-bond acceptors (Lipinski definition) is 5. The lowest BCUT2D eigenvalue weighted by Gasteiger charge is -2.06. The van der Waals surface area contributed by atoms with E-state index in [1.165, 1.54) is 6.07 Å². The Morgan fingerprint density at radius 3 is 2.11 bits per heavy atom. The predicted molar refractivity (Wildman–Crippen MR) is 77.9 cm³/mol. The van der Waals surface area contributed by atoms with Gasteiger partial charge in [0.1, 0.15) is 0 Å². The van der Waals surface area contributed by atoms with E-state index in [9.17, 15) is 8.42 Å². The Bertz CT molecular complexity index is 656. The van der Waals surface area contributed by atoms with Gasteiger partial charge in [0.05, 0.1) is 6.26 Å². The zero-order chi connectivity index (χ0) is 13.9. The summed E-state index contributed by atoms with van der Waals surface area (Å²) in [4.78, 5) is 0. The summed E-state index contributed by atoms with van der Waals surface area (Å²) in [6, 6.07) is 10.7. The molecule has 19 heavy (non-hydrogen) atoms. The third kappa shape index (κ3) is 4.49. The maximum absolute atomic E-state index is 11.0. The predicted octanol–water partition coefficient (Wildman–Crippen LogP) is 2.35. The minimum atomic E-state index is -3.33. The summed E-state index contributed by atoms with van der Waals surface area (Å²) in [6.07, 6.45) is 1.06. The third-order valence-corrected chi connectivity index (χ3v) is 3.18. The summed E-state index contributed by atoms with van der Waals surface area (Å²) < 4.78 is 25.2. The van der Waals surface area contributed by atoms with Gasteiger partial charge in [-0.15, -0.1) is 10.2 Å². The van der Waals surface area contributed by atoms with Crippen molar-refractivity contribution in [2.24, 2.45) is 0 Å². The molecule has 0 saturated heterocycles. The fraction of sp³-hybridized carbons (Fsp3) is 0.0909. The van der Waals surface area contributed by atoms with Crippen LogP contribution in [-0.4, -0.2) is 24.9 Å². The summed E-state index contributed by atoms with van der Waals surface area (Å²) in [7, 11) is -3.33. The van der Waals surface area contributed by atoms with Crippen LogP contribution < -0.4 is 10.0 Å². The molecule has 0 bridgehead atoms. The van der Waals surface area contributed by atoms with E-state index in [-0.39, 0.29) is 5.82 Å². The highest BCUT2D eigenvalue weighted by Gasteiger charge is 2.04. The number of benzene rings is 1. The van der Waals surface area contributed by atoms with Gasteiger partial charge in [0.25, 0.3) is 0 Å². The van der Waals surface area contributed by atoms with Crippen molar-refractivity contribution in [2.45, 2.75) is 0 Å². The number of aromatic nitrogens is 2. The molecule has 0 aliphatic heterocycles. The van der Waals surface area contributed by atoms with Crippen LogP contribution in [0, 0.1) is 0 Å². The third-order valence-electron chi connectivity index (χ3n) is 2.07. The number of halogens is 1. The molecule has 100 valence electrons. The van der Waals surface area contributed by atoms with E-state index in [2.05, 4.69) is 36.2 Å². The Morgan fingerprint density at radius 2 is 1.58 bits per heavy atom. The van der Waals surface area contributed by atoms with E-state index < -0.39 is 10.0 Å². The molecular formula is C11H11BrN4O2S. The molecule has 2 rings (SSSR count). The number of sulfonamides is 1. The first-order chi connectivity index (χ1) is 8.92. The molecule has 2 N–H and O–H groups in total. The van der Waals surface area contributed by atoms with Gasteiger partial charge in [0.2, 0.25) is 10.0 Å². The molecule has 2 aromatic rings. The van der Waals surface area contributed by atoms with E-state index in [0.717, 1.165) is 16.4 Å². The van der Waals surface area contributed by atoms with E-state index in [1.54, 1.807) is 6.07 Å². The van der Waals surface area contributed by atoms with Crippen molar-refractivity contribution in [2.75, 3.05) is 16.3 Å². The Morgan fingerprint density at radius 1 is 1.00 bits per heavy atom. The summed E-state index contributed by atoms with van der Waals surface area (Å²) in [5.41, 5.74) is 0.862. The second-order valence-corrected chi connectivity index (χ2v) is 6.47. The average molecular weight is 343 g/mol. The molecule has 0 saturated carbocycles. The van der Waals surface area contributed by atoms with Gasteiger partial charge in [-0.05, 0) is 36.4 Å². The fourth-order valence-corrected chi connectivity index (χ4v) is 2.08. The largest absolute Gasteiger partial charge is 0.339 e. The molecule has 0 amide bonds. The summed E-state index contributed by atoms with van der Waals surface area (Å²) in [5, 5.41) is 10.7. The molecule has 0 fully saturated rings. The Hall–Kier alpha value is -1.67. The van der Waals surface area contributed by atoms with E-state index >= 15 is 0 Å². The molecule has 0 aliphatic carbocycles. The van der Waals surface area contributed by atoms with Gasteiger partial charge in [0.15, 0.2) is 11.6 Å². The Balaban J connectivity index is 2.08. The van der Waals surface area contributed by atoms with Gasteiger partial charge in [-0.2, -0.15) is 0 Å². The summed E-state index contributed by atoms with van der Waals surface area (Å²) >= 11 is 3.35. The molecule has 0 atom stereocenters. The van der Waals surface area contributed by atoms with Gasteiger partial charge >= 0.3 is 0 Å². The molecule has 0 aliphatic rings. The smallest absolute Gasteiger partial charge is 0.231 e. The van der Waals surface area contributed by atoms with Crippen LogP contribution in [0.4, 0.5) is 17.3 Å². The second-order valence-electron chi connectivity index (χ2n) is 3.81. The van der Waals surface area contributed by atoms with Gasteiger partial charge < -0.3 is 5.32 Å². The highest BCUT2D eigenvalue weighted by Crippen LogP contribution is 2.18. The number of hydrogen-bond donors (Lipinski definition) is 2. The van der Waals surface area contributed by atoms with Crippen molar-refractivity contribution in [3.8, 4) is 0 Å². The lowest BCUT2D eigenvalue weighted by molar-refractivity contribution is 0.606. The number of anilines is 3. The normalized spacial score (nSPS) is 11.1. The van der Waals surface area contributed by atoms with E-state index in [1.807, 2.05) is 24.3 Å². The molecule has 0 radical (unpaired) electrons. The number of nitrogens with one attached hydrogen (secondary N) is 2. The van der Waals surface area contributed by atoms with Crippen molar-refractivity contribution in [3.63, 3.8) is 0 Å². The first-order valence-corrected chi connectivity index (χ1v) is 7.95. The summed E-state index contributed by atoms with van der Waals surface area (Å²) in [6.45, 7) is 0. The number of rotatable bonds is 4. The van der Waals surface area contributed by atoms with Crippen LogP contribution in [0.15, 0.2) is 40.9 Å². The van der Waals surface area contributed by atoms with Crippen LogP contribution in [0.25, 0.3) is 0 Å². The maximum atomic E-state index is 11.0. The van der Waals surface area contributed by atoms with Crippen LogP contribution in [0.5, 0.6) is 0 Å². The minimum absolute atomic E-state index is 0.184. The van der Waals surface area contributed by atoms with Gasteiger partial charge in [-0.1, -0.05) is 15.9 Å². The topological polar surface area (TPSA) is 84.0 Å². The molecule has 0 unspecified atom stereocenters. The molecule has 6 nitrogen and oxygen atoms in total. The zero-order valence-corrected chi connectivity index (χ0v) is 12.4. The zero-order valence-electron chi connectivity index (χ0n) is 9.96. The van der Waals surface area contributed by atoms with Crippen molar-refractivity contribution in [3.05, 3.63) is 40.9 Å². The first kappa shape index (κ1) is 13.8. The lowest BCUT2D eigenvalue weighted by Crippen LogP contribution is -2.11.